The second kappa shape index (κ2) is 7.89. The molecule has 22 heavy (non-hydrogen) atoms. The van der Waals surface area contributed by atoms with Crippen molar-refractivity contribution in [2.75, 3.05) is 53.5 Å². The van der Waals surface area contributed by atoms with Crippen molar-refractivity contribution in [2.24, 2.45) is 0 Å². The van der Waals surface area contributed by atoms with Crippen LogP contribution in [0, 0.1) is 0 Å². The number of ether oxygens (including phenoxy) is 2. The second-order valence-electron chi connectivity index (χ2n) is 6.17. The quantitative estimate of drug-likeness (QED) is 0.544. The Hall–Kier alpha value is -1.18. The summed E-state index contributed by atoms with van der Waals surface area (Å²) in [5.41, 5.74) is 0. The molecule has 2 rings (SSSR count). The second-order valence-corrected chi connectivity index (χ2v) is 6.17. The Kier molecular flexibility index (Phi) is 6.16. The minimum Gasteiger partial charge on any atom is -0.356 e. The summed E-state index contributed by atoms with van der Waals surface area (Å²) in [6.45, 7) is 3.96. The van der Waals surface area contributed by atoms with Crippen LogP contribution in [0.15, 0.2) is 0 Å². The summed E-state index contributed by atoms with van der Waals surface area (Å²) in [5, 5.41) is 2.79. The van der Waals surface area contributed by atoms with Gasteiger partial charge >= 0.3 is 0 Å². The summed E-state index contributed by atoms with van der Waals surface area (Å²) in [7, 11) is 3.98. The highest BCUT2D eigenvalue weighted by Crippen LogP contribution is 2.31. The highest BCUT2D eigenvalue weighted by molar-refractivity contribution is 5.96. The summed E-state index contributed by atoms with van der Waals surface area (Å²) in [6.07, 6.45) is 2.18. The van der Waals surface area contributed by atoms with E-state index in [1.54, 1.807) is 4.90 Å². The van der Waals surface area contributed by atoms with Crippen LogP contribution in [0.2, 0.25) is 0 Å². The monoisotopic (exact) mass is 313 g/mol. The van der Waals surface area contributed by atoms with Crippen LogP contribution < -0.4 is 5.32 Å². The zero-order valence-corrected chi connectivity index (χ0v) is 13.6. The van der Waals surface area contributed by atoms with Crippen LogP contribution in [-0.2, 0) is 19.1 Å². The van der Waals surface area contributed by atoms with Crippen molar-refractivity contribution in [1.29, 1.82) is 0 Å². The number of rotatable bonds is 6. The normalized spacial score (nSPS) is 20.6. The molecule has 7 heteroatoms. The van der Waals surface area contributed by atoms with Gasteiger partial charge in [-0.15, -0.1) is 0 Å². The highest BCUT2D eigenvalue weighted by atomic mass is 16.7. The molecule has 2 saturated heterocycles. The van der Waals surface area contributed by atoms with Crippen LogP contribution in [0.25, 0.3) is 0 Å². The molecule has 1 N–H and O–H groups in total. The summed E-state index contributed by atoms with van der Waals surface area (Å²) in [5.74, 6) is -0.791. The van der Waals surface area contributed by atoms with E-state index in [9.17, 15) is 9.59 Å². The standard InChI is InChI=1S/C15H27N3O4/c1-17(2)7-3-6-16-13(19)12-14(20)18-8-4-15(5-9-18)21-10-11-22-15/h3-12H2,1-2H3,(H,16,19). The van der Waals surface area contributed by atoms with E-state index in [4.69, 9.17) is 9.47 Å². The van der Waals surface area contributed by atoms with E-state index in [0.29, 0.717) is 45.7 Å². The number of amides is 2. The number of likely N-dealkylation sites (tertiary alicyclic amines) is 1. The van der Waals surface area contributed by atoms with E-state index in [1.807, 2.05) is 14.1 Å². The van der Waals surface area contributed by atoms with Crippen LogP contribution in [-0.4, -0.2) is 80.9 Å². The molecule has 2 heterocycles. The lowest BCUT2D eigenvalue weighted by Gasteiger charge is -2.37. The third-order valence-electron chi connectivity index (χ3n) is 4.11. The molecule has 126 valence electrons. The Morgan fingerprint density at radius 3 is 2.41 bits per heavy atom. The van der Waals surface area contributed by atoms with Crippen LogP contribution in [0.4, 0.5) is 0 Å². The molecule has 0 saturated carbocycles. The summed E-state index contributed by atoms with van der Waals surface area (Å²) < 4.78 is 11.3. The molecular weight excluding hydrogens is 286 g/mol. The lowest BCUT2D eigenvalue weighted by atomic mass is 10.0. The number of nitrogens with zero attached hydrogens (tertiary/aromatic N) is 2. The number of piperidine rings is 1. The smallest absolute Gasteiger partial charge is 0.232 e. The molecule has 0 aromatic heterocycles. The van der Waals surface area contributed by atoms with Crippen LogP contribution in [0.3, 0.4) is 0 Å². The first-order chi connectivity index (χ1) is 10.5. The van der Waals surface area contributed by atoms with Gasteiger partial charge in [-0.2, -0.15) is 0 Å². The maximum absolute atomic E-state index is 12.1. The molecular formula is C15H27N3O4. The molecule has 2 aliphatic rings. The van der Waals surface area contributed by atoms with Crippen molar-refractivity contribution in [2.45, 2.75) is 31.5 Å². The van der Waals surface area contributed by atoms with Crippen molar-refractivity contribution in [3.63, 3.8) is 0 Å². The molecule has 0 bridgehead atoms. The van der Waals surface area contributed by atoms with Crippen molar-refractivity contribution in [1.82, 2.24) is 15.1 Å². The minimum atomic E-state index is -0.481. The summed E-state index contributed by atoms with van der Waals surface area (Å²) >= 11 is 0. The number of nitrogens with one attached hydrogen (secondary N) is 1. The minimum absolute atomic E-state index is 0.0727. The topological polar surface area (TPSA) is 71.1 Å². The Morgan fingerprint density at radius 2 is 1.82 bits per heavy atom. The van der Waals surface area contributed by atoms with E-state index in [-0.39, 0.29) is 18.2 Å². The molecule has 0 atom stereocenters. The van der Waals surface area contributed by atoms with E-state index >= 15 is 0 Å². The molecule has 0 aliphatic carbocycles. The van der Waals surface area contributed by atoms with Gasteiger partial charge in [-0.25, -0.2) is 0 Å². The number of carbonyl (C=O) groups excluding carboxylic acids is 2. The Morgan fingerprint density at radius 1 is 1.18 bits per heavy atom. The molecule has 0 aromatic carbocycles. The average molecular weight is 313 g/mol. The first kappa shape index (κ1) is 17.2. The van der Waals surface area contributed by atoms with Gasteiger partial charge in [0.25, 0.3) is 0 Å². The fourth-order valence-electron chi connectivity index (χ4n) is 2.82. The number of hydrogen-bond donors (Lipinski definition) is 1. The van der Waals surface area contributed by atoms with Gasteiger partial charge in [0, 0.05) is 32.5 Å². The average Bonchev–Trinajstić information content (AvgIpc) is 2.92. The number of carbonyl (C=O) groups is 2. The molecule has 2 amide bonds. The molecule has 0 aromatic rings. The van der Waals surface area contributed by atoms with E-state index < -0.39 is 5.79 Å². The molecule has 0 radical (unpaired) electrons. The fourth-order valence-corrected chi connectivity index (χ4v) is 2.82. The van der Waals surface area contributed by atoms with Crippen LogP contribution in [0.5, 0.6) is 0 Å². The maximum atomic E-state index is 12.1. The van der Waals surface area contributed by atoms with E-state index in [1.165, 1.54) is 0 Å². The largest absolute Gasteiger partial charge is 0.356 e. The summed E-state index contributed by atoms with van der Waals surface area (Å²) in [4.78, 5) is 27.7. The third-order valence-corrected chi connectivity index (χ3v) is 4.11. The van der Waals surface area contributed by atoms with Gasteiger partial charge in [0.15, 0.2) is 5.79 Å². The van der Waals surface area contributed by atoms with E-state index in [0.717, 1.165) is 13.0 Å². The van der Waals surface area contributed by atoms with Gasteiger partial charge in [-0.1, -0.05) is 0 Å². The predicted octanol–water partition coefficient (Wildman–Crippen LogP) is -0.190. The summed E-state index contributed by atoms with van der Waals surface area (Å²) in [6, 6.07) is 0. The molecule has 1 spiro atoms. The van der Waals surface area contributed by atoms with E-state index in [2.05, 4.69) is 10.2 Å². The first-order valence-electron chi connectivity index (χ1n) is 7.98. The van der Waals surface area contributed by atoms with Crippen LogP contribution >= 0.6 is 0 Å². The van der Waals surface area contributed by atoms with Gasteiger partial charge < -0.3 is 24.6 Å². The Bertz CT molecular complexity index is 384. The van der Waals surface area contributed by atoms with Gasteiger partial charge in [0.2, 0.25) is 11.8 Å². The third kappa shape index (κ3) is 4.93. The maximum Gasteiger partial charge on any atom is 0.232 e. The first-order valence-corrected chi connectivity index (χ1v) is 7.98. The Labute approximate surface area is 131 Å². The SMILES string of the molecule is CN(C)CCCNC(=O)CC(=O)N1CCC2(CC1)OCCO2. The van der Waals surface area contributed by atoms with Gasteiger partial charge in [0.05, 0.1) is 13.2 Å². The highest BCUT2D eigenvalue weighted by Gasteiger charge is 2.40. The predicted molar refractivity (Wildman–Crippen MR) is 81.2 cm³/mol. The molecule has 2 fully saturated rings. The molecule has 0 unspecified atom stereocenters. The number of hydrogen-bond acceptors (Lipinski definition) is 5. The lowest BCUT2D eigenvalue weighted by Crippen LogP contribution is -2.48. The van der Waals surface area contributed by atoms with Crippen molar-refractivity contribution >= 4 is 11.8 Å². The Balaban J connectivity index is 1.64. The van der Waals surface area contributed by atoms with Gasteiger partial charge in [-0.05, 0) is 27.1 Å². The van der Waals surface area contributed by atoms with Crippen LogP contribution in [0.1, 0.15) is 25.7 Å². The van der Waals surface area contributed by atoms with Gasteiger partial charge in [-0.3, -0.25) is 9.59 Å². The lowest BCUT2D eigenvalue weighted by molar-refractivity contribution is -0.187. The fraction of sp³-hybridized carbons (Fsp3) is 0.867. The van der Waals surface area contributed by atoms with Crippen molar-refractivity contribution < 1.29 is 19.1 Å². The van der Waals surface area contributed by atoms with Crippen molar-refractivity contribution in [3.8, 4) is 0 Å². The van der Waals surface area contributed by atoms with Gasteiger partial charge in [0.1, 0.15) is 6.42 Å². The van der Waals surface area contributed by atoms with Crippen molar-refractivity contribution in [3.05, 3.63) is 0 Å². The molecule has 2 aliphatic heterocycles. The molecule has 7 nitrogen and oxygen atoms in total. The zero-order valence-electron chi connectivity index (χ0n) is 13.6. The zero-order chi connectivity index (χ0) is 16.0.